The lowest BCUT2D eigenvalue weighted by Gasteiger charge is -2.23. The zero-order valence-electron chi connectivity index (χ0n) is 28.5. The summed E-state index contributed by atoms with van der Waals surface area (Å²) in [7, 11) is 0. The fourth-order valence-corrected chi connectivity index (χ4v) is 9.25. The van der Waals surface area contributed by atoms with Gasteiger partial charge in [-0.15, -0.1) is 0 Å². The molecule has 242 valence electrons. The molecule has 0 amide bonds. The van der Waals surface area contributed by atoms with Crippen molar-refractivity contribution in [2.45, 2.75) is 29.1 Å². The Morgan fingerprint density at radius 3 is 2.04 bits per heavy atom. The summed E-state index contributed by atoms with van der Waals surface area (Å²) in [6.45, 7) is 4.74. The van der Waals surface area contributed by atoms with Gasteiger partial charge in [0, 0.05) is 26.5 Å². The summed E-state index contributed by atoms with van der Waals surface area (Å²) in [5.74, 6) is 0.932. The fourth-order valence-electron chi connectivity index (χ4n) is 8.12. The van der Waals surface area contributed by atoms with Gasteiger partial charge in [0.1, 0.15) is 5.82 Å². The Bertz CT molecular complexity index is 2700. The van der Waals surface area contributed by atoms with Crippen LogP contribution in [-0.2, 0) is 5.41 Å². The molecule has 8 aromatic rings. The molecule has 10 rings (SSSR count). The van der Waals surface area contributed by atoms with Gasteiger partial charge in [-0.1, -0.05) is 147 Å². The van der Waals surface area contributed by atoms with Gasteiger partial charge in [-0.25, -0.2) is 4.98 Å². The molecule has 2 heterocycles. The second-order valence-corrected chi connectivity index (χ2v) is 15.1. The molecule has 7 aromatic carbocycles. The molecule has 0 unspecified atom stereocenters. The van der Waals surface area contributed by atoms with E-state index in [1.54, 1.807) is 0 Å². The topological polar surface area (TPSA) is 17.8 Å². The molecule has 1 aliphatic heterocycles. The first-order valence-electron chi connectivity index (χ1n) is 17.5. The number of aromatic nitrogens is 2. The number of hydrogen-bond acceptors (Lipinski definition) is 2. The summed E-state index contributed by atoms with van der Waals surface area (Å²) in [6.07, 6.45) is 4.58. The standard InChI is InChI=1S/C48H34N2S/c1-48(2)41-20-10-8-18-36(41)39-29-40-38-28-33(47-49-43-21-11-12-22-44(43)50(47)34-15-4-3-5-16-34)27-26-32(38)25-24-31-14-6-7-17-35(31)37-19-9-13-23-45(37)51-46(40)30-42(39)48/h3-30H,1-2H3/b25-24-. The Balaban J connectivity index is 1.28. The molecule has 2 nitrogen and oxygen atoms in total. The van der Waals surface area contributed by atoms with Crippen molar-refractivity contribution in [3.8, 4) is 50.5 Å². The monoisotopic (exact) mass is 670 g/mol. The van der Waals surface area contributed by atoms with Crippen LogP contribution in [0.4, 0.5) is 0 Å². The molecule has 0 bridgehead atoms. The maximum absolute atomic E-state index is 5.26. The highest BCUT2D eigenvalue weighted by Gasteiger charge is 2.36. The molecule has 0 fully saturated rings. The molecule has 0 radical (unpaired) electrons. The Labute approximate surface area is 302 Å². The first-order chi connectivity index (χ1) is 25.0. The minimum absolute atomic E-state index is 0.106. The molecule has 0 spiro atoms. The van der Waals surface area contributed by atoms with Crippen molar-refractivity contribution in [2.24, 2.45) is 0 Å². The summed E-state index contributed by atoms with van der Waals surface area (Å²) in [6, 6.07) is 57.4. The van der Waals surface area contributed by atoms with E-state index in [4.69, 9.17) is 4.98 Å². The van der Waals surface area contributed by atoms with Gasteiger partial charge in [-0.3, -0.25) is 4.57 Å². The van der Waals surface area contributed by atoms with E-state index in [1.807, 2.05) is 11.8 Å². The van der Waals surface area contributed by atoms with Crippen molar-refractivity contribution < 1.29 is 0 Å². The largest absolute Gasteiger partial charge is 0.292 e. The van der Waals surface area contributed by atoms with Gasteiger partial charge in [0.15, 0.2) is 0 Å². The van der Waals surface area contributed by atoms with Crippen molar-refractivity contribution in [3.63, 3.8) is 0 Å². The van der Waals surface area contributed by atoms with E-state index < -0.39 is 0 Å². The predicted molar refractivity (Wildman–Crippen MR) is 214 cm³/mol. The molecular formula is C48H34N2S. The Kier molecular flexibility index (Phi) is 6.81. The molecule has 1 aliphatic carbocycles. The number of rotatable bonds is 2. The summed E-state index contributed by atoms with van der Waals surface area (Å²) in [4.78, 5) is 7.76. The van der Waals surface area contributed by atoms with Gasteiger partial charge in [-0.2, -0.15) is 0 Å². The first kappa shape index (κ1) is 30.0. The van der Waals surface area contributed by atoms with Crippen LogP contribution in [0.15, 0.2) is 168 Å². The predicted octanol–water partition coefficient (Wildman–Crippen LogP) is 13.0. The fraction of sp³-hybridized carbons (Fsp3) is 0.0625. The van der Waals surface area contributed by atoms with Crippen molar-refractivity contribution in [2.75, 3.05) is 0 Å². The van der Waals surface area contributed by atoms with E-state index in [2.05, 4.69) is 188 Å². The van der Waals surface area contributed by atoms with Crippen LogP contribution in [0.2, 0.25) is 0 Å². The quantitative estimate of drug-likeness (QED) is 0.182. The van der Waals surface area contributed by atoms with Gasteiger partial charge in [-0.05, 0) is 104 Å². The third-order valence-electron chi connectivity index (χ3n) is 10.7. The number of nitrogens with zero attached hydrogens (tertiary/aromatic N) is 2. The molecule has 3 heteroatoms. The third kappa shape index (κ3) is 4.76. The SMILES string of the molecule is CC1(C)c2ccccc2-c2cc3c(cc21)Sc1ccccc1-c1ccccc1/C=C\c1ccc(-c2nc4ccccc4n2-c2ccccc2)cc1-3. The lowest BCUT2D eigenvalue weighted by molar-refractivity contribution is 0.659. The number of para-hydroxylation sites is 3. The summed E-state index contributed by atoms with van der Waals surface area (Å²) < 4.78 is 2.29. The van der Waals surface area contributed by atoms with E-state index in [-0.39, 0.29) is 5.41 Å². The highest BCUT2D eigenvalue weighted by Crippen LogP contribution is 2.53. The van der Waals surface area contributed by atoms with E-state index in [0.717, 1.165) is 28.1 Å². The average molecular weight is 671 g/mol. The first-order valence-corrected chi connectivity index (χ1v) is 18.4. The molecular weight excluding hydrogens is 637 g/mol. The van der Waals surface area contributed by atoms with E-state index in [0.29, 0.717) is 0 Å². The van der Waals surface area contributed by atoms with Gasteiger partial charge >= 0.3 is 0 Å². The molecule has 1 aromatic heterocycles. The smallest absolute Gasteiger partial charge is 0.145 e. The molecule has 0 atom stereocenters. The second-order valence-electron chi connectivity index (χ2n) is 14.0. The van der Waals surface area contributed by atoms with Crippen LogP contribution >= 0.6 is 11.8 Å². The zero-order chi connectivity index (χ0) is 34.1. The van der Waals surface area contributed by atoms with Gasteiger partial charge in [0.05, 0.1) is 11.0 Å². The van der Waals surface area contributed by atoms with Crippen LogP contribution in [0.25, 0.3) is 73.6 Å². The molecule has 2 aliphatic rings. The summed E-state index contributed by atoms with van der Waals surface area (Å²) in [5, 5.41) is 0. The van der Waals surface area contributed by atoms with Crippen LogP contribution in [0, 0.1) is 0 Å². The Morgan fingerprint density at radius 1 is 0.490 bits per heavy atom. The second kappa shape index (κ2) is 11.6. The van der Waals surface area contributed by atoms with Gasteiger partial charge in [0.25, 0.3) is 0 Å². The highest BCUT2D eigenvalue weighted by atomic mass is 32.2. The Hall–Kier alpha value is -5.90. The van der Waals surface area contributed by atoms with Crippen molar-refractivity contribution >= 4 is 34.9 Å². The van der Waals surface area contributed by atoms with Gasteiger partial charge in [0.2, 0.25) is 0 Å². The molecule has 0 N–H and O–H groups in total. The van der Waals surface area contributed by atoms with Crippen LogP contribution in [0.5, 0.6) is 0 Å². The lowest BCUT2D eigenvalue weighted by atomic mass is 9.82. The number of benzene rings is 7. The van der Waals surface area contributed by atoms with Crippen molar-refractivity contribution in [3.05, 3.63) is 180 Å². The van der Waals surface area contributed by atoms with Crippen LogP contribution < -0.4 is 0 Å². The van der Waals surface area contributed by atoms with Crippen molar-refractivity contribution in [1.29, 1.82) is 0 Å². The molecule has 0 saturated heterocycles. The Morgan fingerprint density at radius 2 is 1.18 bits per heavy atom. The number of hydrogen-bond donors (Lipinski definition) is 0. The number of fused-ring (bicyclic) bond motifs is 10. The van der Waals surface area contributed by atoms with E-state index in [1.165, 1.54) is 65.4 Å². The minimum atomic E-state index is -0.106. The van der Waals surface area contributed by atoms with Crippen molar-refractivity contribution in [1.82, 2.24) is 9.55 Å². The summed E-state index contributed by atoms with van der Waals surface area (Å²) >= 11 is 1.88. The zero-order valence-corrected chi connectivity index (χ0v) is 29.3. The van der Waals surface area contributed by atoms with Gasteiger partial charge < -0.3 is 0 Å². The average Bonchev–Trinajstić information content (AvgIpc) is 3.66. The summed E-state index contributed by atoms with van der Waals surface area (Å²) in [5.41, 5.74) is 16.8. The normalized spacial score (nSPS) is 14.3. The maximum Gasteiger partial charge on any atom is 0.145 e. The van der Waals surface area contributed by atoms with Crippen LogP contribution in [0.1, 0.15) is 36.1 Å². The highest BCUT2D eigenvalue weighted by molar-refractivity contribution is 7.99. The number of imidazole rings is 1. The maximum atomic E-state index is 5.26. The molecule has 0 saturated carbocycles. The minimum Gasteiger partial charge on any atom is -0.292 e. The van der Waals surface area contributed by atoms with Crippen LogP contribution in [-0.4, -0.2) is 9.55 Å². The van der Waals surface area contributed by atoms with Crippen LogP contribution in [0.3, 0.4) is 0 Å². The molecule has 51 heavy (non-hydrogen) atoms. The third-order valence-corrected chi connectivity index (χ3v) is 11.8. The lowest BCUT2D eigenvalue weighted by Crippen LogP contribution is -2.15. The van der Waals surface area contributed by atoms with E-state index >= 15 is 0 Å². The van der Waals surface area contributed by atoms with E-state index in [9.17, 15) is 0 Å².